The molecular weight excluding hydrogens is 434 g/mol. The summed E-state index contributed by atoms with van der Waals surface area (Å²) >= 11 is 0. The summed E-state index contributed by atoms with van der Waals surface area (Å²) in [5, 5.41) is 10.0. The molecule has 1 amide bonds. The van der Waals surface area contributed by atoms with Gasteiger partial charge in [0.05, 0.1) is 0 Å². The standard InChI is InChI=1S/C30H31N3O2/c34-30(32-35)15-11-23-10-13-27-24(20-23)12-14-29(27)33(18-16-22-6-2-1-3-7-22)19-17-25-21-31-28-9-5-4-8-26(25)28/h1-11,13,15,20-21,29,31,35H,12,14,16-19H2,(H,32,34). The molecule has 0 saturated carbocycles. The van der Waals surface area contributed by atoms with E-state index in [2.05, 4.69) is 88.9 Å². The van der Waals surface area contributed by atoms with Crippen molar-refractivity contribution in [2.75, 3.05) is 13.1 Å². The van der Waals surface area contributed by atoms with Crippen LogP contribution in [0.1, 0.15) is 40.3 Å². The van der Waals surface area contributed by atoms with Crippen molar-refractivity contribution >= 4 is 22.9 Å². The Labute approximate surface area is 206 Å². The van der Waals surface area contributed by atoms with Gasteiger partial charge in [-0.25, -0.2) is 5.48 Å². The number of para-hydroxylation sites is 1. The topological polar surface area (TPSA) is 68.4 Å². The van der Waals surface area contributed by atoms with Crippen LogP contribution in [-0.4, -0.2) is 34.1 Å². The number of carbonyl (C=O) groups excluding carboxylic acids is 1. The molecule has 35 heavy (non-hydrogen) atoms. The molecule has 1 heterocycles. The Morgan fingerprint density at radius 2 is 1.83 bits per heavy atom. The molecule has 1 aliphatic carbocycles. The summed E-state index contributed by atoms with van der Waals surface area (Å²) in [4.78, 5) is 17.4. The number of aromatic nitrogens is 1. The van der Waals surface area contributed by atoms with Gasteiger partial charge in [-0.2, -0.15) is 0 Å². The van der Waals surface area contributed by atoms with Crippen LogP contribution >= 0.6 is 0 Å². The molecule has 3 aromatic carbocycles. The average molecular weight is 466 g/mol. The van der Waals surface area contributed by atoms with Crippen LogP contribution in [0.4, 0.5) is 0 Å². The number of aryl methyl sites for hydroxylation is 1. The van der Waals surface area contributed by atoms with E-state index in [1.807, 2.05) is 0 Å². The molecule has 0 radical (unpaired) electrons. The largest absolute Gasteiger partial charge is 0.361 e. The number of aromatic amines is 1. The number of H-pyrrole nitrogens is 1. The van der Waals surface area contributed by atoms with Gasteiger partial charge in [0.2, 0.25) is 0 Å². The van der Waals surface area contributed by atoms with E-state index in [1.54, 1.807) is 11.6 Å². The van der Waals surface area contributed by atoms with Crippen molar-refractivity contribution in [1.82, 2.24) is 15.4 Å². The van der Waals surface area contributed by atoms with Gasteiger partial charge < -0.3 is 4.98 Å². The number of rotatable bonds is 9. The number of hydroxylamine groups is 1. The maximum atomic E-state index is 11.3. The quantitative estimate of drug-likeness (QED) is 0.175. The lowest BCUT2D eigenvalue weighted by Gasteiger charge is -2.30. The maximum Gasteiger partial charge on any atom is 0.267 e. The summed E-state index contributed by atoms with van der Waals surface area (Å²) in [6.45, 7) is 2.01. The van der Waals surface area contributed by atoms with E-state index in [4.69, 9.17) is 5.21 Å². The summed E-state index contributed by atoms with van der Waals surface area (Å²) in [5.74, 6) is -0.521. The van der Waals surface area contributed by atoms with E-state index in [1.165, 1.54) is 39.2 Å². The van der Waals surface area contributed by atoms with Gasteiger partial charge in [-0.05, 0) is 65.6 Å². The fourth-order valence-electron chi connectivity index (χ4n) is 5.25. The van der Waals surface area contributed by atoms with E-state index in [-0.39, 0.29) is 0 Å². The van der Waals surface area contributed by atoms with Crippen molar-refractivity contribution in [3.8, 4) is 0 Å². The summed E-state index contributed by atoms with van der Waals surface area (Å²) in [5.41, 5.74) is 9.28. The minimum Gasteiger partial charge on any atom is -0.361 e. The lowest BCUT2D eigenvalue weighted by atomic mass is 10.0. The third kappa shape index (κ3) is 5.37. The van der Waals surface area contributed by atoms with Gasteiger partial charge in [-0.3, -0.25) is 14.9 Å². The third-order valence-electron chi connectivity index (χ3n) is 7.07. The van der Waals surface area contributed by atoms with Gasteiger partial charge in [-0.1, -0.05) is 66.7 Å². The summed E-state index contributed by atoms with van der Waals surface area (Å²) in [6.07, 6.45) is 9.40. The van der Waals surface area contributed by atoms with Crippen molar-refractivity contribution < 1.29 is 10.0 Å². The van der Waals surface area contributed by atoms with Gasteiger partial charge in [0.25, 0.3) is 5.91 Å². The molecule has 0 aliphatic heterocycles. The third-order valence-corrected chi connectivity index (χ3v) is 7.07. The highest BCUT2D eigenvalue weighted by Crippen LogP contribution is 2.37. The lowest BCUT2D eigenvalue weighted by Crippen LogP contribution is -2.31. The van der Waals surface area contributed by atoms with Gasteiger partial charge in [-0.15, -0.1) is 0 Å². The second kappa shape index (κ2) is 10.7. The molecule has 0 bridgehead atoms. The van der Waals surface area contributed by atoms with Crippen molar-refractivity contribution in [1.29, 1.82) is 0 Å². The molecule has 0 spiro atoms. The van der Waals surface area contributed by atoms with Gasteiger partial charge in [0, 0.05) is 42.3 Å². The summed E-state index contributed by atoms with van der Waals surface area (Å²) in [7, 11) is 0. The molecule has 0 saturated heterocycles. The Hall–Kier alpha value is -3.67. The van der Waals surface area contributed by atoms with Crippen LogP contribution in [0.5, 0.6) is 0 Å². The molecular formula is C30H31N3O2. The van der Waals surface area contributed by atoms with Crippen LogP contribution in [0.15, 0.2) is 85.1 Å². The highest BCUT2D eigenvalue weighted by atomic mass is 16.5. The predicted octanol–water partition coefficient (Wildman–Crippen LogP) is 5.46. The molecule has 5 nitrogen and oxygen atoms in total. The van der Waals surface area contributed by atoms with Crippen LogP contribution in [-0.2, 0) is 24.1 Å². The fraction of sp³-hybridized carbons (Fsp3) is 0.233. The Bertz CT molecular complexity index is 1330. The van der Waals surface area contributed by atoms with E-state index in [9.17, 15) is 4.79 Å². The number of nitrogens with one attached hydrogen (secondary N) is 2. The SMILES string of the molecule is O=C(C=Cc1ccc2c(c1)CCC2N(CCc1ccccc1)CCc1c[nH]c2ccccc12)NO. The molecule has 0 fully saturated rings. The minimum absolute atomic E-state index is 0.387. The molecule has 1 atom stereocenters. The predicted molar refractivity (Wildman–Crippen MR) is 140 cm³/mol. The van der Waals surface area contributed by atoms with Crippen molar-refractivity contribution in [2.45, 2.75) is 31.7 Å². The first kappa shape index (κ1) is 23.1. The van der Waals surface area contributed by atoms with Gasteiger partial charge >= 0.3 is 0 Å². The zero-order chi connectivity index (χ0) is 24.0. The number of hydrogen-bond acceptors (Lipinski definition) is 3. The number of hydrogen-bond donors (Lipinski definition) is 3. The van der Waals surface area contributed by atoms with Crippen LogP contribution in [0.25, 0.3) is 17.0 Å². The first-order valence-electron chi connectivity index (χ1n) is 12.3. The highest BCUT2D eigenvalue weighted by molar-refractivity contribution is 5.90. The highest BCUT2D eigenvalue weighted by Gasteiger charge is 2.28. The molecule has 178 valence electrons. The Morgan fingerprint density at radius 3 is 2.69 bits per heavy atom. The molecule has 1 aliphatic rings. The first-order valence-corrected chi connectivity index (χ1v) is 12.3. The maximum absolute atomic E-state index is 11.3. The zero-order valence-corrected chi connectivity index (χ0v) is 19.8. The van der Waals surface area contributed by atoms with Crippen LogP contribution < -0.4 is 5.48 Å². The van der Waals surface area contributed by atoms with Crippen LogP contribution in [0.3, 0.4) is 0 Å². The minimum atomic E-state index is -0.521. The fourth-order valence-corrected chi connectivity index (χ4v) is 5.25. The molecule has 4 aromatic rings. The van der Waals surface area contributed by atoms with Crippen molar-refractivity contribution in [3.05, 3.63) is 113 Å². The first-order chi connectivity index (χ1) is 17.2. The van der Waals surface area contributed by atoms with E-state index >= 15 is 0 Å². The van der Waals surface area contributed by atoms with E-state index < -0.39 is 5.91 Å². The number of fused-ring (bicyclic) bond motifs is 2. The number of amides is 1. The zero-order valence-electron chi connectivity index (χ0n) is 19.8. The lowest BCUT2D eigenvalue weighted by molar-refractivity contribution is -0.124. The number of carbonyl (C=O) groups is 1. The second-order valence-corrected chi connectivity index (χ2v) is 9.20. The summed E-state index contributed by atoms with van der Waals surface area (Å²) in [6, 6.07) is 26.1. The normalized spacial score (nSPS) is 15.2. The Kier molecular flexibility index (Phi) is 7.07. The monoisotopic (exact) mass is 465 g/mol. The number of benzene rings is 3. The molecule has 1 aromatic heterocycles. The number of nitrogens with zero attached hydrogens (tertiary/aromatic N) is 1. The Balaban J connectivity index is 1.35. The molecule has 5 heteroatoms. The molecule has 3 N–H and O–H groups in total. The van der Waals surface area contributed by atoms with Crippen LogP contribution in [0, 0.1) is 0 Å². The second-order valence-electron chi connectivity index (χ2n) is 9.20. The average Bonchev–Trinajstić information content (AvgIpc) is 3.52. The van der Waals surface area contributed by atoms with E-state index in [0.29, 0.717) is 6.04 Å². The van der Waals surface area contributed by atoms with Crippen LogP contribution in [0.2, 0.25) is 0 Å². The van der Waals surface area contributed by atoms with Gasteiger partial charge in [0.1, 0.15) is 0 Å². The van der Waals surface area contributed by atoms with Gasteiger partial charge in [0.15, 0.2) is 0 Å². The summed E-state index contributed by atoms with van der Waals surface area (Å²) < 4.78 is 0. The van der Waals surface area contributed by atoms with Crippen molar-refractivity contribution in [2.24, 2.45) is 0 Å². The smallest absolute Gasteiger partial charge is 0.267 e. The van der Waals surface area contributed by atoms with Crippen molar-refractivity contribution in [3.63, 3.8) is 0 Å². The van der Waals surface area contributed by atoms with E-state index in [0.717, 1.165) is 44.3 Å². The molecule has 1 unspecified atom stereocenters. The Morgan fingerprint density at radius 1 is 1.03 bits per heavy atom. The molecule has 5 rings (SSSR count).